The topological polar surface area (TPSA) is 12.9 Å². The molecule has 66 valence electrons. The van der Waals surface area contributed by atoms with Crippen LogP contribution in [0.25, 0.3) is 0 Å². The smallest absolute Gasteiger partial charge is 0.234 e. The van der Waals surface area contributed by atoms with Crippen molar-refractivity contribution < 1.29 is 13.2 Å². The van der Waals surface area contributed by atoms with Crippen molar-refractivity contribution in [3.8, 4) is 0 Å². The van der Waals surface area contributed by atoms with E-state index in [2.05, 4.69) is 20.9 Å². The molecule has 0 aliphatic heterocycles. The Labute approximate surface area is 79.7 Å². The maximum absolute atomic E-state index is 12.7. The fourth-order valence-electron chi connectivity index (χ4n) is 0.631. The van der Waals surface area contributed by atoms with Crippen LogP contribution < -0.4 is 0 Å². The van der Waals surface area contributed by atoms with Crippen molar-refractivity contribution in [1.82, 2.24) is 4.98 Å². The van der Waals surface area contributed by atoms with Crippen molar-refractivity contribution in [1.29, 1.82) is 0 Å². The highest BCUT2D eigenvalue weighted by Crippen LogP contribution is 2.29. The zero-order valence-electron chi connectivity index (χ0n) is 5.49. The Bertz CT molecular complexity index is 305. The molecule has 0 saturated heterocycles. The fourth-order valence-corrected chi connectivity index (χ4v) is 1.19. The van der Waals surface area contributed by atoms with Gasteiger partial charge in [-0.1, -0.05) is 11.6 Å². The third kappa shape index (κ3) is 1.90. The van der Waals surface area contributed by atoms with Gasteiger partial charge in [0.15, 0.2) is 0 Å². The molecule has 0 spiro atoms. The van der Waals surface area contributed by atoms with Gasteiger partial charge in [0.05, 0.1) is 4.47 Å². The molecule has 0 aliphatic rings. The van der Waals surface area contributed by atoms with E-state index in [1.807, 2.05) is 0 Å². The van der Waals surface area contributed by atoms with Crippen molar-refractivity contribution in [3.05, 3.63) is 27.2 Å². The van der Waals surface area contributed by atoms with Gasteiger partial charge in [0.1, 0.15) is 16.7 Å². The molecule has 12 heavy (non-hydrogen) atoms. The van der Waals surface area contributed by atoms with Crippen LogP contribution >= 0.6 is 27.5 Å². The zero-order valence-corrected chi connectivity index (χ0v) is 7.83. The summed E-state index contributed by atoms with van der Waals surface area (Å²) in [7, 11) is 0. The van der Waals surface area contributed by atoms with Gasteiger partial charge in [-0.25, -0.2) is 18.2 Å². The lowest BCUT2D eigenvalue weighted by Gasteiger charge is -2.02. The van der Waals surface area contributed by atoms with Crippen LogP contribution in [-0.4, -0.2) is 4.98 Å². The number of hydrogen-bond acceptors (Lipinski definition) is 1. The molecule has 1 aromatic rings. The normalized spacial score (nSPS) is 10.8. The van der Waals surface area contributed by atoms with Crippen LogP contribution in [0.3, 0.4) is 0 Å². The van der Waals surface area contributed by atoms with Crippen molar-refractivity contribution in [2.45, 2.75) is 6.43 Å². The SMILES string of the molecule is Fc1cc(Cl)nc(C(F)F)c1Br. The maximum atomic E-state index is 12.7. The van der Waals surface area contributed by atoms with E-state index < -0.39 is 17.9 Å². The Balaban J connectivity index is 3.28. The molecule has 1 nitrogen and oxygen atoms in total. The largest absolute Gasteiger partial charge is 0.281 e. The third-order valence-electron chi connectivity index (χ3n) is 1.11. The Kier molecular flexibility index (Phi) is 2.95. The molecule has 0 bridgehead atoms. The molecule has 1 rings (SSSR count). The van der Waals surface area contributed by atoms with Gasteiger partial charge < -0.3 is 0 Å². The van der Waals surface area contributed by atoms with Crippen LogP contribution in [0.2, 0.25) is 5.15 Å². The van der Waals surface area contributed by atoms with Crippen molar-refractivity contribution in [3.63, 3.8) is 0 Å². The average Bonchev–Trinajstić information content (AvgIpc) is 1.96. The minimum atomic E-state index is -2.84. The highest BCUT2D eigenvalue weighted by Gasteiger charge is 2.17. The molecule has 0 radical (unpaired) electrons. The van der Waals surface area contributed by atoms with E-state index in [1.54, 1.807) is 0 Å². The second-order valence-corrected chi connectivity index (χ2v) is 3.11. The van der Waals surface area contributed by atoms with Gasteiger partial charge in [0.2, 0.25) is 0 Å². The molecular weight excluding hydrogens is 258 g/mol. The van der Waals surface area contributed by atoms with Crippen molar-refractivity contribution >= 4 is 27.5 Å². The summed E-state index contributed by atoms with van der Waals surface area (Å²) < 4.78 is 36.5. The van der Waals surface area contributed by atoms with E-state index in [0.29, 0.717) is 0 Å². The minimum Gasteiger partial charge on any atom is -0.234 e. The lowest BCUT2D eigenvalue weighted by Crippen LogP contribution is -1.95. The first-order valence-electron chi connectivity index (χ1n) is 2.82. The quantitative estimate of drug-likeness (QED) is 0.703. The lowest BCUT2D eigenvalue weighted by molar-refractivity contribution is 0.144. The predicted molar refractivity (Wildman–Crippen MR) is 41.9 cm³/mol. The maximum Gasteiger partial charge on any atom is 0.281 e. The Morgan fingerprint density at radius 2 is 2.08 bits per heavy atom. The van der Waals surface area contributed by atoms with Crippen molar-refractivity contribution in [2.75, 3.05) is 0 Å². The summed E-state index contributed by atoms with van der Waals surface area (Å²) in [5, 5.41) is -0.286. The standard InChI is InChI=1S/C6H2BrClF3N/c7-4-2(9)1-3(8)12-5(4)6(10)11/h1,6H. The summed E-state index contributed by atoms with van der Waals surface area (Å²) in [4.78, 5) is 3.26. The summed E-state index contributed by atoms with van der Waals surface area (Å²) in [6.45, 7) is 0. The molecule has 0 atom stereocenters. The summed E-state index contributed by atoms with van der Waals surface area (Å²) in [5.74, 6) is -0.842. The second kappa shape index (κ2) is 3.62. The van der Waals surface area contributed by atoms with Gasteiger partial charge in [-0.05, 0) is 15.9 Å². The highest BCUT2D eigenvalue weighted by atomic mass is 79.9. The van der Waals surface area contributed by atoms with Crippen LogP contribution in [0.1, 0.15) is 12.1 Å². The van der Waals surface area contributed by atoms with E-state index >= 15 is 0 Å². The van der Waals surface area contributed by atoms with Gasteiger partial charge >= 0.3 is 0 Å². The number of hydrogen-bond donors (Lipinski definition) is 0. The van der Waals surface area contributed by atoms with Crippen LogP contribution in [0.4, 0.5) is 13.2 Å². The number of halogens is 5. The van der Waals surface area contributed by atoms with Crippen molar-refractivity contribution in [2.24, 2.45) is 0 Å². The average molecular weight is 260 g/mol. The molecular formula is C6H2BrClF3N. The summed E-state index contributed by atoms with van der Waals surface area (Å²) in [5.41, 5.74) is -0.681. The van der Waals surface area contributed by atoms with Gasteiger partial charge in [0, 0.05) is 6.07 Å². The summed E-state index contributed by atoms with van der Waals surface area (Å²) >= 11 is 7.90. The molecule has 1 heterocycles. The van der Waals surface area contributed by atoms with E-state index in [1.165, 1.54) is 0 Å². The third-order valence-corrected chi connectivity index (χ3v) is 2.09. The molecule has 1 aromatic heterocycles. The molecule has 0 fully saturated rings. The van der Waals surface area contributed by atoms with Gasteiger partial charge in [0.25, 0.3) is 6.43 Å². The molecule has 0 aromatic carbocycles. The number of pyridine rings is 1. The van der Waals surface area contributed by atoms with E-state index in [0.717, 1.165) is 6.07 Å². The van der Waals surface area contributed by atoms with Gasteiger partial charge in [-0.2, -0.15) is 0 Å². The van der Waals surface area contributed by atoms with E-state index in [4.69, 9.17) is 11.6 Å². The van der Waals surface area contributed by atoms with Crippen LogP contribution in [-0.2, 0) is 0 Å². The molecule has 0 unspecified atom stereocenters. The lowest BCUT2D eigenvalue weighted by atomic mass is 10.3. The summed E-state index contributed by atoms with van der Waals surface area (Å²) in [6, 6.07) is 0.859. The predicted octanol–water partition coefficient (Wildman–Crippen LogP) is 3.57. The van der Waals surface area contributed by atoms with E-state index in [9.17, 15) is 13.2 Å². The molecule has 0 amide bonds. The van der Waals surface area contributed by atoms with Crippen LogP contribution in [0.15, 0.2) is 10.5 Å². The first kappa shape index (κ1) is 9.80. The van der Waals surface area contributed by atoms with Gasteiger partial charge in [-0.15, -0.1) is 0 Å². The number of rotatable bonds is 1. The monoisotopic (exact) mass is 259 g/mol. The Morgan fingerprint density at radius 3 is 2.58 bits per heavy atom. The zero-order chi connectivity index (χ0) is 9.30. The molecule has 0 N–H and O–H groups in total. The second-order valence-electron chi connectivity index (χ2n) is 1.93. The summed E-state index contributed by atoms with van der Waals surface area (Å²) in [6.07, 6.45) is -2.84. The Hall–Kier alpha value is -0.290. The first-order valence-corrected chi connectivity index (χ1v) is 3.99. The molecule has 0 saturated carbocycles. The molecule has 0 aliphatic carbocycles. The fraction of sp³-hybridized carbons (Fsp3) is 0.167. The molecule has 6 heteroatoms. The van der Waals surface area contributed by atoms with Crippen LogP contribution in [0.5, 0.6) is 0 Å². The van der Waals surface area contributed by atoms with Gasteiger partial charge in [-0.3, -0.25) is 0 Å². The number of nitrogens with zero attached hydrogens (tertiary/aromatic N) is 1. The first-order chi connectivity index (χ1) is 5.52. The highest BCUT2D eigenvalue weighted by molar-refractivity contribution is 9.10. The minimum absolute atomic E-state index is 0.286. The number of aromatic nitrogens is 1. The Morgan fingerprint density at radius 1 is 1.50 bits per heavy atom. The van der Waals surface area contributed by atoms with Crippen LogP contribution in [0, 0.1) is 5.82 Å². The number of alkyl halides is 2. The van der Waals surface area contributed by atoms with E-state index in [-0.39, 0.29) is 9.63 Å².